The third kappa shape index (κ3) is 5.87. The predicted molar refractivity (Wildman–Crippen MR) is 80.0 cm³/mol. The maximum atomic E-state index is 4.66. The fourth-order valence-corrected chi connectivity index (χ4v) is 2.75. The molecule has 0 aromatic carbocycles. The van der Waals surface area contributed by atoms with Crippen LogP contribution in [0.1, 0.15) is 39.0 Å². The van der Waals surface area contributed by atoms with Crippen LogP contribution in [0.2, 0.25) is 0 Å². The van der Waals surface area contributed by atoms with Gasteiger partial charge in [0.1, 0.15) is 0 Å². The van der Waals surface area contributed by atoms with E-state index < -0.39 is 0 Å². The lowest BCUT2D eigenvalue weighted by atomic mass is 10.1. The maximum absolute atomic E-state index is 4.66. The van der Waals surface area contributed by atoms with Gasteiger partial charge in [-0.05, 0) is 44.4 Å². The van der Waals surface area contributed by atoms with Gasteiger partial charge < -0.3 is 0 Å². The van der Waals surface area contributed by atoms with Gasteiger partial charge in [0, 0.05) is 11.9 Å². The fourth-order valence-electron chi connectivity index (χ4n) is 2.11. The van der Waals surface area contributed by atoms with Crippen LogP contribution in [-0.4, -0.2) is 18.0 Å². The molecule has 1 aliphatic rings. The average molecular weight is 250 g/mol. The molecule has 0 saturated heterocycles. The van der Waals surface area contributed by atoms with E-state index in [9.17, 15) is 0 Å². The largest absolute Gasteiger partial charge is 0.273 e. The van der Waals surface area contributed by atoms with Gasteiger partial charge in [-0.15, -0.1) is 11.8 Å². The lowest BCUT2D eigenvalue weighted by Crippen LogP contribution is -2.01. The summed E-state index contributed by atoms with van der Waals surface area (Å²) in [5, 5.41) is 1.26. The first kappa shape index (κ1) is 14.2. The van der Waals surface area contributed by atoms with Crippen molar-refractivity contribution in [3.8, 4) is 0 Å². The molecule has 0 aromatic heterocycles. The number of aliphatic imine (C=N–C) groups is 2. The number of allylic oxidation sites excluding steroid dienone is 3. The summed E-state index contributed by atoms with van der Waals surface area (Å²) < 4.78 is 0. The highest BCUT2D eigenvalue weighted by Crippen LogP contribution is 2.29. The van der Waals surface area contributed by atoms with Crippen molar-refractivity contribution < 1.29 is 0 Å². The van der Waals surface area contributed by atoms with Crippen LogP contribution in [0.25, 0.3) is 0 Å². The first-order chi connectivity index (χ1) is 8.26. The van der Waals surface area contributed by atoms with E-state index in [1.54, 1.807) is 18.0 Å². The fraction of sp³-hybridized carbons (Fsp3) is 0.571. The first-order valence-electron chi connectivity index (χ1n) is 6.17. The highest BCUT2D eigenvalue weighted by molar-refractivity contribution is 8.13. The first-order valence-corrected chi connectivity index (χ1v) is 7.39. The highest BCUT2D eigenvalue weighted by Gasteiger charge is 2.16. The predicted octanol–water partition coefficient (Wildman–Crippen LogP) is 4.45. The van der Waals surface area contributed by atoms with Gasteiger partial charge in [-0.3, -0.25) is 9.98 Å². The molecular weight excluding hydrogens is 228 g/mol. The van der Waals surface area contributed by atoms with Gasteiger partial charge in [0.25, 0.3) is 0 Å². The molecule has 17 heavy (non-hydrogen) atoms. The number of rotatable bonds is 5. The van der Waals surface area contributed by atoms with Gasteiger partial charge in [0.15, 0.2) is 0 Å². The van der Waals surface area contributed by atoms with E-state index in [1.165, 1.54) is 30.7 Å². The van der Waals surface area contributed by atoms with Crippen LogP contribution in [-0.2, 0) is 0 Å². The van der Waals surface area contributed by atoms with Crippen LogP contribution in [0.3, 0.4) is 0 Å². The Morgan fingerprint density at radius 1 is 1.41 bits per heavy atom. The van der Waals surface area contributed by atoms with Crippen molar-refractivity contribution in [1.29, 1.82) is 0 Å². The Labute approximate surface area is 109 Å². The van der Waals surface area contributed by atoms with Gasteiger partial charge in [0.2, 0.25) is 0 Å². The van der Waals surface area contributed by atoms with Crippen LogP contribution in [0, 0.1) is 5.92 Å². The minimum Gasteiger partial charge on any atom is -0.273 e. The summed E-state index contributed by atoms with van der Waals surface area (Å²) in [5.74, 6) is 0.861. The Bertz CT molecular complexity index is 323. The van der Waals surface area contributed by atoms with Crippen LogP contribution in [0.5, 0.6) is 0 Å². The molecule has 0 unspecified atom stereocenters. The lowest BCUT2D eigenvalue weighted by Gasteiger charge is -2.09. The smallest absolute Gasteiger partial charge is 0.0734 e. The monoisotopic (exact) mass is 250 g/mol. The van der Waals surface area contributed by atoms with Crippen molar-refractivity contribution in [3.05, 3.63) is 24.0 Å². The van der Waals surface area contributed by atoms with Crippen molar-refractivity contribution in [2.45, 2.75) is 39.0 Å². The van der Waals surface area contributed by atoms with Crippen molar-refractivity contribution in [1.82, 2.24) is 0 Å². The molecule has 0 aromatic rings. The Morgan fingerprint density at radius 3 is 2.71 bits per heavy atom. The third-order valence-corrected chi connectivity index (χ3v) is 3.73. The normalized spacial score (nSPS) is 19.2. The zero-order chi connectivity index (χ0) is 12.5. The molecular formula is C14H22N2S. The summed E-state index contributed by atoms with van der Waals surface area (Å²) in [6.45, 7) is 5.42. The zero-order valence-electron chi connectivity index (χ0n) is 10.9. The quantitative estimate of drug-likeness (QED) is 0.402. The van der Waals surface area contributed by atoms with Gasteiger partial charge in [-0.1, -0.05) is 25.7 Å². The van der Waals surface area contributed by atoms with E-state index in [2.05, 4.69) is 23.0 Å². The molecule has 0 bridgehead atoms. The summed E-state index contributed by atoms with van der Waals surface area (Å²) in [5.41, 5.74) is 1.03. The van der Waals surface area contributed by atoms with Crippen molar-refractivity contribution in [2.75, 3.05) is 6.26 Å². The molecule has 0 amide bonds. The van der Waals surface area contributed by atoms with Gasteiger partial charge >= 0.3 is 0 Å². The van der Waals surface area contributed by atoms with E-state index in [-0.39, 0.29) is 0 Å². The van der Waals surface area contributed by atoms with E-state index in [0.29, 0.717) is 0 Å². The van der Waals surface area contributed by atoms with E-state index in [1.807, 2.05) is 19.1 Å². The molecule has 0 atom stereocenters. The van der Waals surface area contributed by atoms with Gasteiger partial charge in [0.05, 0.1) is 5.04 Å². The van der Waals surface area contributed by atoms with E-state index in [4.69, 9.17) is 0 Å². The number of thioether (sulfide) groups is 1. The summed E-state index contributed by atoms with van der Waals surface area (Å²) in [6, 6.07) is 0. The average Bonchev–Trinajstić information content (AvgIpc) is 2.81. The SMILES string of the molecule is C=N/C=C\C=C(/C)N=C(CC1CCCC1)SC. The van der Waals surface area contributed by atoms with E-state index >= 15 is 0 Å². The van der Waals surface area contributed by atoms with Crippen LogP contribution >= 0.6 is 11.8 Å². The molecule has 0 radical (unpaired) electrons. The second-order valence-corrected chi connectivity index (χ2v) is 5.28. The Morgan fingerprint density at radius 2 is 2.12 bits per heavy atom. The summed E-state index contributed by atoms with van der Waals surface area (Å²) in [4.78, 5) is 8.32. The molecule has 94 valence electrons. The molecule has 1 rings (SSSR count). The lowest BCUT2D eigenvalue weighted by molar-refractivity contribution is 0.576. The van der Waals surface area contributed by atoms with Gasteiger partial charge in [-0.2, -0.15) is 0 Å². The Balaban J connectivity index is 2.54. The molecule has 0 spiro atoms. The third-order valence-electron chi connectivity index (χ3n) is 3.00. The van der Waals surface area contributed by atoms with Crippen molar-refractivity contribution in [3.63, 3.8) is 0 Å². The minimum absolute atomic E-state index is 0.861. The van der Waals surface area contributed by atoms with E-state index in [0.717, 1.165) is 18.0 Å². The molecule has 1 fully saturated rings. The van der Waals surface area contributed by atoms with Crippen molar-refractivity contribution in [2.24, 2.45) is 15.9 Å². The molecule has 2 nitrogen and oxygen atoms in total. The maximum Gasteiger partial charge on any atom is 0.0734 e. The summed E-state index contributed by atoms with van der Waals surface area (Å²) in [6.07, 6.45) is 14.3. The molecule has 0 N–H and O–H groups in total. The highest BCUT2D eigenvalue weighted by atomic mass is 32.2. The van der Waals surface area contributed by atoms with Crippen LogP contribution in [0.15, 0.2) is 34.0 Å². The summed E-state index contributed by atoms with van der Waals surface area (Å²) in [7, 11) is 0. The number of nitrogens with zero attached hydrogens (tertiary/aromatic N) is 2. The minimum atomic E-state index is 0.861. The molecule has 3 heteroatoms. The van der Waals surface area contributed by atoms with Crippen molar-refractivity contribution >= 4 is 23.5 Å². The topological polar surface area (TPSA) is 24.7 Å². The van der Waals surface area contributed by atoms with Crippen LogP contribution in [0.4, 0.5) is 0 Å². The van der Waals surface area contributed by atoms with Crippen LogP contribution < -0.4 is 0 Å². The summed E-state index contributed by atoms with van der Waals surface area (Å²) >= 11 is 1.77. The number of hydrogen-bond acceptors (Lipinski definition) is 3. The molecule has 0 heterocycles. The second kappa shape index (κ2) is 8.29. The molecule has 1 aliphatic carbocycles. The Kier molecular flexibility index (Phi) is 6.94. The molecule has 0 aliphatic heterocycles. The number of hydrogen-bond donors (Lipinski definition) is 0. The Hall–Kier alpha value is -0.830. The molecule has 1 saturated carbocycles. The van der Waals surface area contributed by atoms with Gasteiger partial charge in [-0.25, -0.2) is 0 Å². The zero-order valence-corrected chi connectivity index (χ0v) is 11.7. The standard InChI is InChI=1S/C14H22N2S/c1-12(7-6-10-15-2)16-14(17-3)11-13-8-4-5-9-13/h6-7,10,13H,2,4-5,8-9,11H2,1,3H3/b10-6-,12-7+,16-14?. The second-order valence-electron chi connectivity index (χ2n) is 4.40.